The van der Waals surface area contributed by atoms with Crippen LogP contribution in [-0.4, -0.2) is 56.2 Å². The Kier molecular flexibility index (Phi) is 13.1. The minimum atomic E-state index is -1.50. The normalized spacial score (nSPS) is 11.4. The van der Waals surface area contributed by atoms with E-state index in [2.05, 4.69) is 186 Å². The molecule has 2 N–H and O–H groups in total. The van der Waals surface area contributed by atoms with Crippen LogP contribution in [0, 0.1) is 0 Å². The summed E-state index contributed by atoms with van der Waals surface area (Å²) in [5.41, 5.74) is 13.3. The number of benzene rings is 8. The minimum absolute atomic E-state index is 0.277. The first kappa shape index (κ1) is 50.0. The molecule has 0 aliphatic heterocycles. The molecule has 0 bridgehead atoms. The van der Waals surface area contributed by atoms with Crippen LogP contribution in [0.1, 0.15) is 0 Å². The van der Waals surface area contributed by atoms with Crippen molar-refractivity contribution in [1.82, 2.24) is 39.0 Å². The lowest BCUT2D eigenvalue weighted by atomic mass is 9.85. The second-order valence-electron chi connectivity index (χ2n) is 19.9. The number of halogens is 1. The molecule has 12 heteroatoms. The van der Waals surface area contributed by atoms with Crippen LogP contribution in [0.5, 0.6) is 0 Å². The predicted octanol–water partition coefficient (Wildman–Crippen LogP) is 15.7. The molecule has 8 aromatic carbocycles. The summed E-state index contributed by atoms with van der Waals surface area (Å²) in [6.07, 6.45) is 9.42. The molecule has 0 amide bonds. The third-order valence-corrected chi connectivity index (χ3v) is 15.4. The topological polar surface area (TPSA) is 128 Å². The Morgan fingerprint density at radius 3 is 1.40 bits per heavy atom. The first-order chi connectivity index (χ1) is 40.4. The molecule has 8 aromatic heterocycles. The molecule has 0 radical (unpaired) electrons. The summed E-state index contributed by atoms with van der Waals surface area (Å²) in [5, 5.41) is 31.0. The zero-order chi connectivity index (χ0) is 55.1. The van der Waals surface area contributed by atoms with Gasteiger partial charge >= 0.3 is 7.12 Å². The number of hydrogen-bond donors (Lipinski definition) is 2. The molecule has 0 aliphatic carbocycles. The van der Waals surface area contributed by atoms with Gasteiger partial charge in [0.05, 0.1) is 85.4 Å². The van der Waals surface area contributed by atoms with Crippen LogP contribution in [0.25, 0.3) is 132 Å². The lowest BCUT2D eigenvalue weighted by molar-refractivity contribution is 0.424. The summed E-state index contributed by atoms with van der Waals surface area (Å²) in [6, 6.07) is 80.7. The molecule has 0 saturated carbocycles. The van der Waals surface area contributed by atoms with E-state index >= 15 is 0 Å². The zero-order valence-electron chi connectivity index (χ0n) is 43.8. The standard InChI is InChI=1S/C35H22N4.C26H16BrN3.C9H8BNO2/c1-2-9-26-21-37-32(20-24(26)8-1)25-13-16-33-29(19-25)35-28-10-4-3-7-23(28)12-17-34(35)39(33)27-14-15-31(38-22-27)30-11-5-6-18-36-30;27-18-9-13-24-21(15-18)26-20-6-2-1-5-17(20)8-12-25(26)30(24)19-10-11-23(29-16-19)22-7-3-4-14-28-22;12-10(13)9-6-5-7-3-1-2-4-8(7)11-9/h1-22H;1-16H;1-6,12-13H. The van der Waals surface area contributed by atoms with E-state index in [-0.39, 0.29) is 5.59 Å². The Morgan fingerprint density at radius 2 is 0.829 bits per heavy atom. The zero-order valence-corrected chi connectivity index (χ0v) is 45.4. The highest BCUT2D eigenvalue weighted by Gasteiger charge is 2.19. The molecule has 0 saturated heterocycles. The molecule has 16 rings (SSSR count). The van der Waals surface area contributed by atoms with Gasteiger partial charge in [0.15, 0.2) is 0 Å². The Labute approximate surface area is 479 Å². The maximum atomic E-state index is 8.88. The van der Waals surface area contributed by atoms with E-state index in [9.17, 15) is 0 Å². The van der Waals surface area contributed by atoms with Gasteiger partial charge in [-0.25, -0.2) is 0 Å². The van der Waals surface area contributed by atoms with Crippen molar-refractivity contribution < 1.29 is 10.0 Å². The molecule has 82 heavy (non-hydrogen) atoms. The van der Waals surface area contributed by atoms with E-state index < -0.39 is 7.12 Å². The van der Waals surface area contributed by atoms with Gasteiger partial charge in [0.2, 0.25) is 0 Å². The van der Waals surface area contributed by atoms with Crippen molar-refractivity contribution in [3.8, 4) is 45.4 Å². The fourth-order valence-electron chi connectivity index (χ4n) is 11.1. The highest BCUT2D eigenvalue weighted by molar-refractivity contribution is 9.10. The summed E-state index contributed by atoms with van der Waals surface area (Å²) in [5.74, 6) is 0. The fourth-order valence-corrected chi connectivity index (χ4v) is 11.5. The highest BCUT2D eigenvalue weighted by atomic mass is 79.9. The third-order valence-electron chi connectivity index (χ3n) is 14.9. The average molecular weight is 1120 g/mol. The summed E-state index contributed by atoms with van der Waals surface area (Å²) in [4.78, 5) is 27.2. The van der Waals surface area contributed by atoms with Crippen molar-refractivity contribution >= 4 is 115 Å². The summed E-state index contributed by atoms with van der Waals surface area (Å²) in [7, 11) is -1.50. The third kappa shape index (κ3) is 9.36. The van der Waals surface area contributed by atoms with Crippen LogP contribution in [0.15, 0.2) is 272 Å². The van der Waals surface area contributed by atoms with Crippen molar-refractivity contribution in [3.63, 3.8) is 0 Å². The van der Waals surface area contributed by atoms with E-state index in [1.54, 1.807) is 18.5 Å². The van der Waals surface area contributed by atoms with Crippen molar-refractivity contribution in [2.24, 2.45) is 0 Å². The van der Waals surface area contributed by atoms with Crippen LogP contribution >= 0.6 is 15.9 Å². The van der Waals surface area contributed by atoms with Gasteiger partial charge < -0.3 is 19.2 Å². The Morgan fingerprint density at radius 1 is 0.341 bits per heavy atom. The number of hydrogen-bond acceptors (Lipinski definition) is 8. The quantitative estimate of drug-likeness (QED) is 0.158. The molecular formula is C70H46BBrN8O2. The number of fused-ring (bicyclic) bond motifs is 12. The Balaban J connectivity index is 0.000000123. The van der Waals surface area contributed by atoms with Crippen LogP contribution in [0.4, 0.5) is 0 Å². The molecule has 0 spiro atoms. The maximum absolute atomic E-state index is 8.88. The maximum Gasteiger partial charge on any atom is 0.508 e. The SMILES string of the molecule is Brc1ccc2c(c1)c1c3ccccc3ccc1n2-c1ccc(-c2ccccn2)nc1.OB(O)c1ccc2ccccc2n1.c1ccc(-c2ccc(-n3c4ccc(-c5cc6ccccc6cn5)cc4c4c5ccccc5ccc43)cn2)nc1. The average Bonchev–Trinajstić information content (AvgIpc) is 3.38. The van der Waals surface area contributed by atoms with E-state index in [0.717, 1.165) is 82.7 Å². The van der Waals surface area contributed by atoms with Crippen molar-refractivity contribution in [1.29, 1.82) is 0 Å². The van der Waals surface area contributed by atoms with Gasteiger partial charge in [-0.05, 0) is 136 Å². The van der Waals surface area contributed by atoms with Crippen molar-refractivity contribution in [3.05, 3.63) is 272 Å². The van der Waals surface area contributed by atoms with Gasteiger partial charge in [0, 0.05) is 60.9 Å². The van der Waals surface area contributed by atoms with Gasteiger partial charge in [0.1, 0.15) is 0 Å². The molecular weight excluding hydrogens is 1080 g/mol. The van der Waals surface area contributed by atoms with Crippen LogP contribution in [0.3, 0.4) is 0 Å². The molecule has 8 heterocycles. The first-order valence-corrected chi connectivity index (χ1v) is 27.6. The minimum Gasteiger partial charge on any atom is -0.422 e. The van der Waals surface area contributed by atoms with Crippen LogP contribution in [0.2, 0.25) is 0 Å². The van der Waals surface area contributed by atoms with Crippen molar-refractivity contribution in [2.75, 3.05) is 0 Å². The monoisotopic (exact) mass is 1120 g/mol. The smallest absolute Gasteiger partial charge is 0.422 e. The fraction of sp³-hybridized carbons (Fsp3) is 0. The van der Waals surface area contributed by atoms with Crippen LogP contribution in [-0.2, 0) is 0 Å². The molecule has 0 atom stereocenters. The number of rotatable bonds is 6. The second-order valence-corrected chi connectivity index (χ2v) is 20.8. The summed E-state index contributed by atoms with van der Waals surface area (Å²) < 4.78 is 5.67. The molecule has 10 nitrogen and oxygen atoms in total. The lowest BCUT2D eigenvalue weighted by Gasteiger charge is -2.09. The van der Waals surface area contributed by atoms with Gasteiger partial charge in [-0.15, -0.1) is 0 Å². The number of nitrogens with zero attached hydrogens (tertiary/aromatic N) is 8. The van der Waals surface area contributed by atoms with E-state index in [0.29, 0.717) is 0 Å². The van der Waals surface area contributed by atoms with Crippen LogP contribution < -0.4 is 5.59 Å². The van der Waals surface area contributed by atoms with E-state index in [1.165, 1.54) is 54.0 Å². The molecule has 0 aliphatic rings. The summed E-state index contributed by atoms with van der Waals surface area (Å²) >= 11 is 3.65. The largest absolute Gasteiger partial charge is 0.508 e. The van der Waals surface area contributed by atoms with E-state index in [4.69, 9.17) is 25.0 Å². The predicted molar refractivity (Wildman–Crippen MR) is 339 cm³/mol. The Bertz CT molecular complexity index is 5040. The number of para-hydroxylation sites is 1. The van der Waals surface area contributed by atoms with E-state index in [1.807, 2.05) is 104 Å². The first-order valence-electron chi connectivity index (χ1n) is 26.8. The van der Waals surface area contributed by atoms with Gasteiger partial charge in [-0.3, -0.25) is 29.9 Å². The highest BCUT2D eigenvalue weighted by Crippen LogP contribution is 2.40. The van der Waals surface area contributed by atoms with Gasteiger partial charge in [0.25, 0.3) is 0 Å². The van der Waals surface area contributed by atoms with Gasteiger partial charge in [-0.1, -0.05) is 143 Å². The molecule has 0 unspecified atom stereocenters. The molecule has 388 valence electrons. The lowest BCUT2D eigenvalue weighted by Crippen LogP contribution is -2.32. The molecule has 16 aromatic rings. The number of aromatic nitrogens is 8. The summed E-state index contributed by atoms with van der Waals surface area (Å²) in [6.45, 7) is 0. The second kappa shape index (κ2) is 21.4. The van der Waals surface area contributed by atoms with Crippen molar-refractivity contribution in [2.45, 2.75) is 0 Å². The molecule has 0 fully saturated rings. The Hall–Kier alpha value is -10.2. The van der Waals surface area contributed by atoms with Gasteiger partial charge in [-0.2, -0.15) is 0 Å². The number of pyridine rings is 6.